The summed E-state index contributed by atoms with van der Waals surface area (Å²) in [7, 11) is 0. The van der Waals surface area contributed by atoms with Crippen molar-refractivity contribution in [3.05, 3.63) is 16.7 Å². The maximum absolute atomic E-state index is 11.7. The van der Waals surface area contributed by atoms with Crippen molar-refractivity contribution < 1.29 is 10.2 Å². The second kappa shape index (κ2) is 4.63. The number of aromatic nitrogens is 4. The predicted octanol–water partition coefficient (Wildman–Crippen LogP) is -0.953. The molecule has 1 fully saturated rings. The summed E-state index contributed by atoms with van der Waals surface area (Å²) in [5.74, 6) is 0.415. The van der Waals surface area contributed by atoms with Gasteiger partial charge in [0.25, 0.3) is 5.56 Å². The third-order valence-electron chi connectivity index (χ3n) is 3.74. The van der Waals surface area contributed by atoms with Crippen molar-refractivity contribution in [3.63, 3.8) is 0 Å². The van der Waals surface area contributed by atoms with E-state index in [9.17, 15) is 9.90 Å². The average molecular weight is 265 g/mol. The van der Waals surface area contributed by atoms with E-state index in [2.05, 4.69) is 25.3 Å². The maximum Gasteiger partial charge on any atom is 0.278 e. The third kappa shape index (κ3) is 1.98. The Hall–Kier alpha value is -1.93. The first-order valence-electron chi connectivity index (χ1n) is 6.14. The molecule has 3 rings (SSSR count). The number of H-pyrrole nitrogens is 2. The summed E-state index contributed by atoms with van der Waals surface area (Å²) >= 11 is 0. The molecular weight excluding hydrogens is 250 g/mol. The van der Waals surface area contributed by atoms with E-state index < -0.39 is 0 Å². The molecule has 0 aliphatic heterocycles. The number of hydrogen-bond acceptors (Lipinski definition) is 6. The number of nitrogens with zero attached hydrogens (tertiary/aromatic N) is 2. The van der Waals surface area contributed by atoms with Gasteiger partial charge in [0.2, 0.25) is 5.95 Å². The zero-order valence-corrected chi connectivity index (χ0v) is 10.1. The Morgan fingerprint density at radius 1 is 1.42 bits per heavy atom. The number of rotatable bonds is 4. The average Bonchev–Trinajstić information content (AvgIpc) is 2.83. The molecule has 5 N–H and O–H groups in total. The Morgan fingerprint density at radius 3 is 3.00 bits per heavy atom. The number of nitrogens with one attached hydrogen (secondary N) is 3. The molecule has 0 amide bonds. The lowest BCUT2D eigenvalue weighted by Crippen LogP contribution is -2.50. The van der Waals surface area contributed by atoms with Crippen LogP contribution in [0.1, 0.15) is 6.42 Å². The molecule has 1 aliphatic carbocycles. The highest BCUT2D eigenvalue weighted by Crippen LogP contribution is 2.35. The zero-order chi connectivity index (χ0) is 13.4. The molecular formula is C11H15N5O3. The number of aliphatic hydroxyl groups is 2. The topological polar surface area (TPSA) is 127 Å². The fourth-order valence-corrected chi connectivity index (χ4v) is 2.55. The molecule has 3 atom stereocenters. The van der Waals surface area contributed by atoms with Crippen LogP contribution in [0.15, 0.2) is 11.1 Å². The first-order valence-corrected chi connectivity index (χ1v) is 6.14. The lowest BCUT2D eigenvalue weighted by atomic mass is 9.70. The van der Waals surface area contributed by atoms with E-state index in [0.29, 0.717) is 17.1 Å². The van der Waals surface area contributed by atoms with Crippen LogP contribution in [0.2, 0.25) is 0 Å². The van der Waals surface area contributed by atoms with Crippen LogP contribution >= 0.6 is 0 Å². The summed E-state index contributed by atoms with van der Waals surface area (Å²) in [6.45, 7) is 0.0591. The molecule has 1 aliphatic rings. The van der Waals surface area contributed by atoms with Crippen LogP contribution in [0, 0.1) is 11.8 Å². The van der Waals surface area contributed by atoms with Crippen LogP contribution in [-0.2, 0) is 0 Å². The van der Waals surface area contributed by atoms with Crippen LogP contribution in [-0.4, -0.2) is 49.4 Å². The summed E-state index contributed by atoms with van der Waals surface area (Å²) in [6.07, 6.45) is 2.16. The Morgan fingerprint density at radius 2 is 2.26 bits per heavy atom. The summed E-state index contributed by atoms with van der Waals surface area (Å²) in [5.41, 5.74) is 0.402. The van der Waals surface area contributed by atoms with Crippen LogP contribution in [0.25, 0.3) is 11.2 Å². The van der Waals surface area contributed by atoms with Crippen LogP contribution < -0.4 is 10.9 Å². The van der Waals surface area contributed by atoms with Crippen molar-refractivity contribution in [2.45, 2.75) is 12.5 Å². The van der Waals surface area contributed by atoms with Crippen LogP contribution in [0.5, 0.6) is 0 Å². The minimum atomic E-state index is -0.288. The molecule has 8 nitrogen and oxygen atoms in total. The quantitative estimate of drug-likeness (QED) is 0.485. The zero-order valence-electron chi connectivity index (χ0n) is 10.1. The van der Waals surface area contributed by atoms with Gasteiger partial charge >= 0.3 is 0 Å². The van der Waals surface area contributed by atoms with E-state index in [1.807, 2.05) is 0 Å². The van der Waals surface area contributed by atoms with E-state index >= 15 is 0 Å². The normalized spacial score (nSPS) is 26.3. The summed E-state index contributed by atoms with van der Waals surface area (Å²) in [5, 5.41) is 21.4. The largest absolute Gasteiger partial charge is 0.396 e. The van der Waals surface area contributed by atoms with Crippen molar-refractivity contribution in [2.75, 3.05) is 18.5 Å². The molecule has 102 valence electrons. The van der Waals surface area contributed by atoms with Crippen molar-refractivity contribution >= 4 is 17.1 Å². The lowest BCUT2D eigenvalue weighted by molar-refractivity contribution is 0.0326. The van der Waals surface area contributed by atoms with Gasteiger partial charge in [-0.2, -0.15) is 4.98 Å². The van der Waals surface area contributed by atoms with E-state index in [-0.39, 0.29) is 36.7 Å². The van der Waals surface area contributed by atoms with Gasteiger partial charge in [-0.15, -0.1) is 0 Å². The van der Waals surface area contributed by atoms with E-state index in [4.69, 9.17) is 5.11 Å². The highest BCUT2D eigenvalue weighted by Gasteiger charge is 2.40. The standard InChI is InChI=1S/C11H15N5O3/c17-2-5-1-7(6(5)3-18)14-11-15-9-8(10(19)16-11)12-4-13-9/h4-7,17-18H,1-3H2,(H3,12,13,14,15,16,19)/t5-,6-,7-/m0/s1. The first-order chi connectivity index (χ1) is 9.22. The molecule has 19 heavy (non-hydrogen) atoms. The number of hydrogen-bond donors (Lipinski definition) is 5. The Balaban J connectivity index is 1.80. The molecule has 1 saturated carbocycles. The lowest BCUT2D eigenvalue weighted by Gasteiger charge is -2.43. The fourth-order valence-electron chi connectivity index (χ4n) is 2.55. The highest BCUT2D eigenvalue weighted by molar-refractivity contribution is 5.69. The molecule has 0 radical (unpaired) electrons. The van der Waals surface area contributed by atoms with Gasteiger partial charge < -0.3 is 20.5 Å². The molecule has 0 spiro atoms. The monoisotopic (exact) mass is 265 g/mol. The Bertz CT molecular complexity index is 637. The maximum atomic E-state index is 11.7. The van der Waals surface area contributed by atoms with Gasteiger partial charge in [0.15, 0.2) is 11.2 Å². The molecule has 0 bridgehead atoms. The van der Waals surface area contributed by atoms with Gasteiger partial charge in [-0.25, -0.2) is 4.98 Å². The van der Waals surface area contributed by atoms with Crippen molar-refractivity contribution in [1.82, 2.24) is 19.9 Å². The second-order valence-corrected chi connectivity index (χ2v) is 4.79. The van der Waals surface area contributed by atoms with Gasteiger partial charge in [-0.1, -0.05) is 0 Å². The summed E-state index contributed by atoms with van der Waals surface area (Å²) in [6, 6.07) is 0.00157. The molecule has 0 saturated heterocycles. The van der Waals surface area contributed by atoms with Crippen molar-refractivity contribution in [3.8, 4) is 0 Å². The smallest absolute Gasteiger partial charge is 0.278 e. The summed E-state index contributed by atoms with van der Waals surface area (Å²) in [4.78, 5) is 25.2. The molecule has 2 aromatic rings. The number of aromatic amines is 2. The Kier molecular flexibility index (Phi) is 2.96. The molecule has 2 heterocycles. The van der Waals surface area contributed by atoms with Gasteiger partial charge in [-0.3, -0.25) is 9.78 Å². The summed E-state index contributed by atoms with van der Waals surface area (Å²) < 4.78 is 0. The fraction of sp³-hybridized carbons (Fsp3) is 0.545. The first kappa shape index (κ1) is 12.1. The second-order valence-electron chi connectivity index (χ2n) is 4.79. The number of imidazole rings is 1. The van der Waals surface area contributed by atoms with Gasteiger partial charge in [0.1, 0.15) is 0 Å². The molecule has 8 heteroatoms. The van der Waals surface area contributed by atoms with E-state index in [0.717, 1.165) is 6.42 Å². The minimum absolute atomic E-state index is 0.00157. The Labute approximate surface area is 107 Å². The molecule has 0 aromatic carbocycles. The molecule has 0 unspecified atom stereocenters. The van der Waals surface area contributed by atoms with Gasteiger partial charge in [0.05, 0.1) is 6.33 Å². The number of anilines is 1. The third-order valence-corrected chi connectivity index (χ3v) is 3.74. The number of fused-ring (bicyclic) bond motifs is 1. The van der Waals surface area contributed by atoms with Crippen molar-refractivity contribution in [2.24, 2.45) is 11.8 Å². The number of aliphatic hydroxyl groups excluding tert-OH is 2. The van der Waals surface area contributed by atoms with Gasteiger partial charge in [0, 0.05) is 25.2 Å². The highest BCUT2D eigenvalue weighted by atomic mass is 16.3. The minimum Gasteiger partial charge on any atom is -0.396 e. The predicted molar refractivity (Wildman–Crippen MR) is 67.7 cm³/mol. The van der Waals surface area contributed by atoms with Crippen LogP contribution in [0.3, 0.4) is 0 Å². The van der Waals surface area contributed by atoms with Crippen molar-refractivity contribution in [1.29, 1.82) is 0 Å². The van der Waals surface area contributed by atoms with E-state index in [1.54, 1.807) is 0 Å². The molecule has 2 aromatic heterocycles. The SMILES string of the molecule is O=c1[nH]c(N[C@H]2C[C@@H](CO)[C@@H]2CO)nc2nc[nH]c12. The van der Waals surface area contributed by atoms with E-state index in [1.165, 1.54) is 6.33 Å². The van der Waals surface area contributed by atoms with Gasteiger partial charge in [-0.05, 0) is 12.3 Å². The van der Waals surface area contributed by atoms with Crippen LogP contribution in [0.4, 0.5) is 5.95 Å².